The van der Waals surface area contributed by atoms with Gasteiger partial charge in [-0.2, -0.15) is 18.3 Å². The molecule has 4 N–H and O–H groups in total. The van der Waals surface area contributed by atoms with E-state index in [1.807, 2.05) is 66.9 Å². The summed E-state index contributed by atoms with van der Waals surface area (Å²) in [5.41, 5.74) is 4.21. The highest BCUT2D eigenvalue weighted by Gasteiger charge is 2.38. The van der Waals surface area contributed by atoms with Crippen LogP contribution in [0.25, 0.3) is 5.65 Å². The Balaban J connectivity index is 0.000000541. The second-order valence-electron chi connectivity index (χ2n) is 8.83. The van der Waals surface area contributed by atoms with Crippen LogP contribution in [0.4, 0.5) is 34.1 Å². The number of imidazole rings is 1. The van der Waals surface area contributed by atoms with Crippen molar-refractivity contribution in [1.82, 2.24) is 19.7 Å². The molecule has 43 heavy (non-hydrogen) atoms. The molecule has 0 aliphatic carbocycles. The molecule has 0 bridgehead atoms. The zero-order valence-corrected chi connectivity index (χ0v) is 22.5. The van der Waals surface area contributed by atoms with Crippen LogP contribution in [0.3, 0.4) is 0 Å². The Morgan fingerprint density at radius 2 is 1.74 bits per heavy atom. The van der Waals surface area contributed by atoms with Crippen molar-refractivity contribution in [1.29, 1.82) is 0 Å². The number of carbonyl (C=O) groups is 3. The highest BCUT2D eigenvalue weighted by Crippen LogP contribution is 2.28. The number of urea groups is 2. The van der Waals surface area contributed by atoms with Gasteiger partial charge in [-0.25, -0.2) is 24.4 Å². The van der Waals surface area contributed by atoms with Crippen LogP contribution in [0.15, 0.2) is 84.2 Å². The Morgan fingerprint density at radius 3 is 2.44 bits per heavy atom. The van der Waals surface area contributed by atoms with Crippen LogP contribution >= 0.6 is 0 Å². The number of hydrazone groups is 1. The van der Waals surface area contributed by atoms with Crippen molar-refractivity contribution in [3.05, 3.63) is 95.9 Å². The molecular weight excluding hydrogens is 567 g/mol. The van der Waals surface area contributed by atoms with Crippen LogP contribution in [-0.2, 0) is 4.79 Å². The molecule has 220 valence electrons. The third kappa shape index (κ3) is 7.67. The molecule has 2 aromatic heterocycles. The number of rotatable bonds is 3. The van der Waals surface area contributed by atoms with Crippen molar-refractivity contribution in [2.24, 2.45) is 5.10 Å². The smallest absolute Gasteiger partial charge is 0.475 e. The van der Waals surface area contributed by atoms with E-state index in [2.05, 4.69) is 37.9 Å². The van der Waals surface area contributed by atoms with Gasteiger partial charge in [0.25, 0.3) is 0 Å². The maximum absolute atomic E-state index is 12.9. The number of aliphatic carboxylic acids is 1. The first-order chi connectivity index (χ1) is 20.6. The molecule has 1 aliphatic heterocycles. The molecule has 0 radical (unpaired) electrons. The Bertz CT molecular complexity index is 1730. The maximum atomic E-state index is 12.9. The molecule has 14 heteroatoms. The third-order valence-electron chi connectivity index (χ3n) is 5.92. The summed E-state index contributed by atoms with van der Waals surface area (Å²) >= 11 is 0. The molecular formula is C29H24F3N7O4. The topological polar surface area (TPSA) is 140 Å². The van der Waals surface area contributed by atoms with Crippen LogP contribution in [0.1, 0.15) is 29.3 Å². The Morgan fingerprint density at radius 1 is 1.00 bits per heavy atom. The minimum Gasteiger partial charge on any atom is -0.475 e. The standard InChI is InChI=1S/C27H23N7O2.C2HF3O2/c1-28-26(35)32-23-11-6-16-33-22(18-29-25(23)33)13-12-19-7-5-10-21(17-19)31-27(36)34-24(14-15-30-34)20-8-3-2-4-9-20;3-2(4,5)1(6)7/h2-11,15-18,24H,14H2,1H3,(H,31,36)(H2,28,32,35);(H,6,7). The Labute approximate surface area is 243 Å². The number of hydrogen-bond donors (Lipinski definition) is 4. The fourth-order valence-corrected chi connectivity index (χ4v) is 3.94. The Kier molecular flexibility index (Phi) is 9.26. The molecule has 1 atom stereocenters. The summed E-state index contributed by atoms with van der Waals surface area (Å²) in [6, 6.07) is 20.0. The molecule has 1 unspecified atom stereocenters. The van der Waals surface area contributed by atoms with E-state index in [9.17, 15) is 22.8 Å². The van der Waals surface area contributed by atoms with Gasteiger partial charge in [-0.05, 0) is 41.8 Å². The van der Waals surface area contributed by atoms with E-state index in [0.29, 0.717) is 29.1 Å². The van der Waals surface area contributed by atoms with Gasteiger partial charge in [0.2, 0.25) is 0 Å². The lowest BCUT2D eigenvalue weighted by Gasteiger charge is -2.22. The van der Waals surface area contributed by atoms with Crippen LogP contribution in [-0.4, -0.2) is 57.0 Å². The second kappa shape index (κ2) is 13.2. The SMILES string of the molecule is CNC(=O)Nc1cccn2c(C#Cc3cccc(NC(=O)N4N=CCC4c4ccccc4)c3)cnc12.O=C(O)C(F)(F)F. The van der Waals surface area contributed by atoms with Gasteiger partial charge < -0.3 is 21.1 Å². The minimum atomic E-state index is -5.08. The van der Waals surface area contributed by atoms with Gasteiger partial charge in [0.15, 0.2) is 5.65 Å². The molecule has 1 aliphatic rings. The average molecular weight is 592 g/mol. The summed E-state index contributed by atoms with van der Waals surface area (Å²) in [7, 11) is 1.55. The summed E-state index contributed by atoms with van der Waals surface area (Å²) in [5.74, 6) is 3.48. The number of nitrogens with zero attached hydrogens (tertiary/aromatic N) is 4. The number of carbonyl (C=O) groups excluding carboxylic acids is 2. The number of hydrogen-bond acceptors (Lipinski definition) is 5. The van der Waals surface area contributed by atoms with Gasteiger partial charge in [-0.1, -0.05) is 42.3 Å². The monoisotopic (exact) mass is 591 g/mol. The number of alkyl halides is 3. The number of amides is 4. The molecule has 2 aromatic carbocycles. The van der Waals surface area contributed by atoms with Gasteiger partial charge in [0, 0.05) is 37.1 Å². The molecule has 0 fully saturated rings. The molecule has 0 saturated heterocycles. The van der Waals surface area contributed by atoms with Gasteiger partial charge in [0.05, 0.1) is 17.9 Å². The van der Waals surface area contributed by atoms with Crippen LogP contribution in [0.5, 0.6) is 0 Å². The zero-order valence-electron chi connectivity index (χ0n) is 22.5. The van der Waals surface area contributed by atoms with Gasteiger partial charge >= 0.3 is 24.2 Å². The number of benzene rings is 2. The summed E-state index contributed by atoms with van der Waals surface area (Å²) in [4.78, 5) is 37.9. The lowest BCUT2D eigenvalue weighted by atomic mass is 10.1. The van der Waals surface area contributed by atoms with E-state index < -0.39 is 12.1 Å². The van der Waals surface area contributed by atoms with Crippen molar-refractivity contribution < 1.29 is 32.7 Å². The van der Waals surface area contributed by atoms with E-state index in [-0.39, 0.29) is 18.1 Å². The third-order valence-corrected chi connectivity index (χ3v) is 5.92. The highest BCUT2D eigenvalue weighted by atomic mass is 19.4. The number of anilines is 2. The number of aromatic nitrogens is 2. The molecule has 0 spiro atoms. The van der Waals surface area contributed by atoms with Crippen molar-refractivity contribution in [3.63, 3.8) is 0 Å². The summed E-state index contributed by atoms with van der Waals surface area (Å²) in [6.45, 7) is 0. The first-order valence-electron chi connectivity index (χ1n) is 12.6. The van der Waals surface area contributed by atoms with Crippen molar-refractivity contribution in [2.45, 2.75) is 18.6 Å². The van der Waals surface area contributed by atoms with Crippen molar-refractivity contribution in [3.8, 4) is 11.8 Å². The molecule has 5 rings (SSSR count). The molecule has 4 aromatic rings. The van der Waals surface area contributed by atoms with Crippen molar-refractivity contribution >= 4 is 41.3 Å². The minimum absolute atomic E-state index is 0.132. The molecule has 4 amide bonds. The lowest BCUT2D eigenvalue weighted by Crippen LogP contribution is -2.31. The van der Waals surface area contributed by atoms with E-state index in [1.165, 1.54) is 5.01 Å². The average Bonchev–Trinajstić information content (AvgIpc) is 3.65. The number of carboxylic acid groups (broad SMARTS) is 1. The van der Waals surface area contributed by atoms with E-state index in [4.69, 9.17) is 9.90 Å². The van der Waals surface area contributed by atoms with Gasteiger partial charge in [-0.15, -0.1) is 0 Å². The van der Waals surface area contributed by atoms with Crippen molar-refractivity contribution in [2.75, 3.05) is 17.7 Å². The fourth-order valence-electron chi connectivity index (χ4n) is 3.94. The fraction of sp³-hybridized carbons (Fsp3) is 0.138. The number of fused-ring (bicyclic) bond motifs is 1. The number of pyridine rings is 1. The Hall–Kier alpha value is -5.84. The summed E-state index contributed by atoms with van der Waals surface area (Å²) < 4.78 is 33.5. The van der Waals surface area contributed by atoms with Gasteiger partial charge in [-0.3, -0.25) is 4.40 Å². The predicted molar refractivity (Wildman–Crippen MR) is 153 cm³/mol. The van der Waals surface area contributed by atoms with E-state index >= 15 is 0 Å². The first-order valence-corrected chi connectivity index (χ1v) is 12.6. The molecule has 0 saturated carbocycles. The number of carboxylic acids is 1. The van der Waals surface area contributed by atoms with E-state index in [0.717, 1.165) is 11.1 Å². The largest absolute Gasteiger partial charge is 0.490 e. The van der Waals surface area contributed by atoms with E-state index in [1.54, 1.807) is 29.9 Å². The number of nitrogens with one attached hydrogen (secondary N) is 3. The molecule has 3 heterocycles. The quantitative estimate of drug-likeness (QED) is 0.246. The normalized spacial score (nSPS) is 13.8. The van der Waals surface area contributed by atoms with Gasteiger partial charge in [0.1, 0.15) is 5.69 Å². The van der Waals surface area contributed by atoms with Crippen LogP contribution < -0.4 is 16.0 Å². The lowest BCUT2D eigenvalue weighted by molar-refractivity contribution is -0.192. The zero-order chi connectivity index (χ0) is 31.0. The second-order valence-corrected chi connectivity index (χ2v) is 8.83. The molecule has 11 nitrogen and oxygen atoms in total. The summed E-state index contributed by atoms with van der Waals surface area (Å²) in [6.07, 6.45) is 0.822. The van der Waals surface area contributed by atoms with Crippen LogP contribution in [0, 0.1) is 11.8 Å². The highest BCUT2D eigenvalue weighted by molar-refractivity contribution is 5.93. The number of halogens is 3. The van der Waals surface area contributed by atoms with Crippen LogP contribution in [0.2, 0.25) is 0 Å². The predicted octanol–water partition coefficient (Wildman–Crippen LogP) is 5.08. The summed E-state index contributed by atoms with van der Waals surface area (Å²) in [5, 5.41) is 21.1. The maximum Gasteiger partial charge on any atom is 0.490 e. The first kappa shape index (κ1) is 30.1.